The predicted octanol–water partition coefficient (Wildman–Crippen LogP) is 7.04. The Morgan fingerprint density at radius 3 is 1.62 bits per heavy atom. The molecule has 0 nitrogen and oxygen atoms in total. The summed E-state index contributed by atoms with van der Waals surface area (Å²) in [7, 11) is 0. The van der Waals surface area contributed by atoms with E-state index in [0.29, 0.717) is 0 Å². The zero-order valence-corrected chi connectivity index (χ0v) is 15.7. The van der Waals surface area contributed by atoms with Crippen molar-refractivity contribution in [2.24, 2.45) is 10.8 Å². The summed E-state index contributed by atoms with van der Waals surface area (Å²) < 4.78 is 0. The first-order valence-electron chi connectivity index (χ1n) is 7.65. The molecule has 1 aromatic heterocycles. The highest BCUT2D eigenvalue weighted by molar-refractivity contribution is 7.14. The third-order valence-corrected chi connectivity index (χ3v) is 4.54. The number of thiophene rings is 1. The molecule has 1 rings (SSSR count). The van der Waals surface area contributed by atoms with Crippen LogP contribution in [0.15, 0.2) is 24.3 Å². The summed E-state index contributed by atoms with van der Waals surface area (Å²) in [5.41, 5.74) is 3.27. The Morgan fingerprint density at radius 1 is 0.667 bits per heavy atom. The fourth-order valence-electron chi connectivity index (χ4n) is 1.77. The van der Waals surface area contributed by atoms with Crippen LogP contribution in [0.2, 0.25) is 0 Å². The van der Waals surface area contributed by atoms with Crippen molar-refractivity contribution in [3.05, 3.63) is 45.2 Å². The minimum absolute atomic E-state index is 0.232. The van der Waals surface area contributed by atoms with Crippen LogP contribution in [0.5, 0.6) is 0 Å². The third kappa shape index (κ3) is 6.48. The highest BCUT2D eigenvalue weighted by Gasteiger charge is 2.09. The molecular formula is C20H30S. The van der Waals surface area contributed by atoms with Gasteiger partial charge in [0.15, 0.2) is 0 Å². The first kappa shape index (κ1) is 18.0. The molecule has 21 heavy (non-hydrogen) atoms. The smallest absolute Gasteiger partial charge is 0.0308 e. The van der Waals surface area contributed by atoms with Gasteiger partial charge < -0.3 is 0 Å². The Balaban J connectivity index is 2.94. The van der Waals surface area contributed by atoms with E-state index in [-0.39, 0.29) is 10.8 Å². The molecule has 0 N–H and O–H groups in total. The van der Waals surface area contributed by atoms with Crippen molar-refractivity contribution < 1.29 is 0 Å². The Hall–Kier alpha value is -1.08. The third-order valence-electron chi connectivity index (χ3n) is 3.21. The van der Waals surface area contributed by atoms with Gasteiger partial charge in [0.25, 0.3) is 0 Å². The number of hydrogen-bond donors (Lipinski definition) is 0. The zero-order chi connectivity index (χ0) is 16.3. The van der Waals surface area contributed by atoms with Crippen LogP contribution in [0, 0.1) is 24.7 Å². The van der Waals surface area contributed by atoms with Crippen molar-refractivity contribution in [1.29, 1.82) is 0 Å². The average molecular weight is 303 g/mol. The van der Waals surface area contributed by atoms with Crippen molar-refractivity contribution in [2.75, 3.05) is 0 Å². The normalized spacial score (nSPS) is 14.1. The van der Waals surface area contributed by atoms with Crippen LogP contribution in [0.25, 0.3) is 12.2 Å². The monoisotopic (exact) mass is 302 g/mol. The highest BCUT2D eigenvalue weighted by atomic mass is 32.1. The number of rotatable bonds is 3. The van der Waals surface area contributed by atoms with E-state index in [1.165, 1.54) is 20.9 Å². The summed E-state index contributed by atoms with van der Waals surface area (Å²) in [5, 5.41) is 0. The van der Waals surface area contributed by atoms with E-state index in [0.717, 1.165) is 0 Å². The number of hydrogen-bond acceptors (Lipinski definition) is 1. The minimum atomic E-state index is 0.232. The summed E-state index contributed by atoms with van der Waals surface area (Å²) in [6.07, 6.45) is 13.3. The zero-order valence-electron chi connectivity index (χ0n) is 14.9. The largest absolute Gasteiger partial charge is 0.136 e. The molecule has 0 saturated heterocycles. The SMILES string of the molecule is Cc1c(/C=C/C=C/C(C)(C)C)sc(/C=C/C(C)(C)C)c1C. The van der Waals surface area contributed by atoms with Gasteiger partial charge in [-0.2, -0.15) is 0 Å². The van der Waals surface area contributed by atoms with Crippen LogP contribution in [-0.2, 0) is 0 Å². The van der Waals surface area contributed by atoms with Crippen LogP contribution < -0.4 is 0 Å². The second-order valence-electron chi connectivity index (χ2n) is 7.86. The maximum absolute atomic E-state index is 2.29. The van der Waals surface area contributed by atoms with Crippen LogP contribution in [0.4, 0.5) is 0 Å². The van der Waals surface area contributed by atoms with Crippen molar-refractivity contribution in [3.63, 3.8) is 0 Å². The fraction of sp³-hybridized carbons (Fsp3) is 0.500. The Morgan fingerprint density at radius 2 is 1.14 bits per heavy atom. The quantitative estimate of drug-likeness (QED) is 0.525. The van der Waals surface area contributed by atoms with Crippen molar-refractivity contribution >= 4 is 23.5 Å². The topological polar surface area (TPSA) is 0 Å². The molecule has 0 fully saturated rings. The lowest BCUT2D eigenvalue weighted by Crippen LogP contribution is -1.97. The van der Waals surface area contributed by atoms with Gasteiger partial charge in [0.05, 0.1) is 0 Å². The minimum Gasteiger partial charge on any atom is -0.136 e. The molecule has 1 heterocycles. The molecule has 0 atom stereocenters. The lowest BCUT2D eigenvalue weighted by molar-refractivity contribution is 0.544. The molecule has 0 aliphatic heterocycles. The van der Waals surface area contributed by atoms with Gasteiger partial charge in [-0.1, -0.05) is 65.8 Å². The maximum Gasteiger partial charge on any atom is 0.0308 e. The maximum atomic E-state index is 2.29. The first-order valence-corrected chi connectivity index (χ1v) is 8.46. The molecule has 0 bridgehead atoms. The van der Waals surface area contributed by atoms with Crippen LogP contribution >= 0.6 is 11.3 Å². The molecule has 0 unspecified atom stereocenters. The van der Waals surface area contributed by atoms with Crippen molar-refractivity contribution in [2.45, 2.75) is 55.4 Å². The molecular weight excluding hydrogens is 272 g/mol. The summed E-state index contributed by atoms with van der Waals surface area (Å²) in [6.45, 7) is 17.8. The molecule has 1 aromatic rings. The molecule has 0 aliphatic carbocycles. The lowest BCUT2D eigenvalue weighted by atomic mass is 9.96. The molecule has 116 valence electrons. The van der Waals surface area contributed by atoms with Crippen LogP contribution in [0.3, 0.4) is 0 Å². The fourth-order valence-corrected chi connectivity index (χ4v) is 2.90. The van der Waals surface area contributed by atoms with E-state index < -0.39 is 0 Å². The van der Waals surface area contributed by atoms with Gasteiger partial charge in [-0.05, 0) is 48.0 Å². The van der Waals surface area contributed by atoms with Gasteiger partial charge in [0, 0.05) is 9.75 Å². The van der Waals surface area contributed by atoms with Crippen LogP contribution in [-0.4, -0.2) is 0 Å². The van der Waals surface area contributed by atoms with E-state index in [2.05, 4.69) is 91.8 Å². The highest BCUT2D eigenvalue weighted by Crippen LogP contribution is 2.31. The van der Waals surface area contributed by atoms with Gasteiger partial charge in [0.2, 0.25) is 0 Å². The van der Waals surface area contributed by atoms with E-state index in [1.54, 1.807) is 0 Å². The van der Waals surface area contributed by atoms with E-state index >= 15 is 0 Å². The predicted molar refractivity (Wildman–Crippen MR) is 99.9 cm³/mol. The molecule has 0 spiro atoms. The van der Waals surface area contributed by atoms with Crippen molar-refractivity contribution in [1.82, 2.24) is 0 Å². The molecule has 0 amide bonds. The molecule has 0 aromatic carbocycles. The van der Waals surface area contributed by atoms with Gasteiger partial charge in [0.1, 0.15) is 0 Å². The van der Waals surface area contributed by atoms with Gasteiger partial charge in [-0.3, -0.25) is 0 Å². The Kier molecular flexibility index (Phi) is 5.81. The summed E-state index contributed by atoms with van der Waals surface area (Å²) in [4.78, 5) is 2.74. The average Bonchev–Trinajstić information content (AvgIpc) is 2.58. The molecule has 0 radical (unpaired) electrons. The summed E-state index contributed by atoms with van der Waals surface area (Å²) >= 11 is 1.88. The standard InChI is InChI=1S/C20H30S/c1-15-16(2)18(12-14-20(6,7)8)21-17(15)11-9-10-13-19(3,4)5/h9-14H,1-8H3/b11-9+,13-10+,14-12+. The Labute approximate surface area is 135 Å². The van der Waals surface area contributed by atoms with Gasteiger partial charge >= 0.3 is 0 Å². The molecule has 0 aliphatic rings. The van der Waals surface area contributed by atoms with Crippen LogP contribution in [0.1, 0.15) is 62.4 Å². The van der Waals surface area contributed by atoms with Crippen molar-refractivity contribution in [3.8, 4) is 0 Å². The van der Waals surface area contributed by atoms with E-state index in [9.17, 15) is 0 Å². The second-order valence-corrected chi connectivity index (χ2v) is 8.95. The van der Waals surface area contributed by atoms with E-state index in [1.807, 2.05) is 11.3 Å². The summed E-state index contributed by atoms with van der Waals surface area (Å²) in [5.74, 6) is 0. The molecule has 0 saturated carbocycles. The molecule has 1 heteroatoms. The Bertz CT molecular complexity index is 552. The second kappa shape index (κ2) is 6.79. The van der Waals surface area contributed by atoms with Gasteiger partial charge in [-0.25, -0.2) is 0 Å². The van der Waals surface area contributed by atoms with Gasteiger partial charge in [-0.15, -0.1) is 11.3 Å². The first-order chi connectivity index (χ1) is 9.49. The lowest BCUT2D eigenvalue weighted by Gasteiger charge is -2.10. The summed E-state index contributed by atoms with van der Waals surface area (Å²) in [6, 6.07) is 0. The van der Waals surface area contributed by atoms with E-state index in [4.69, 9.17) is 0 Å². The number of allylic oxidation sites excluding steroid dienone is 4.